The standard InChI is InChI=1S/C51H32N2S/c1-3-16-33(17-4-1)34-30-31-39-43(32-34)49(42-25-15-29-47-50(42)41-24-11-14-28-46(41)54-47)37-21-8-7-20-36(37)48(39)38-22-9-10-23-40(38)51-52-44-26-12-13-27-45(44)53(51)35-18-5-2-6-19-35/h1-32H/i1D,3D,4D,16D,17D. The quantitative estimate of drug-likeness (QED) is 0.163. The van der Waals surface area contributed by atoms with E-state index < -0.39 is 6.04 Å². The lowest BCUT2D eigenvalue weighted by atomic mass is 9.83. The number of aromatic nitrogens is 2. The monoisotopic (exact) mass is 709 g/mol. The van der Waals surface area contributed by atoms with Crippen LogP contribution in [0.25, 0.3) is 103 Å². The lowest BCUT2D eigenvalue weighted by molar-refractivity contribution is 1.10. The van der Waals surface area contributed by atoms with Gasteiger partial charge in [0.25, 0.3) is 0 Å². The molecule has 0 N–H and O–H groups in total. The van der Waals surface area contributed by atoms with Gasteiger partial charge in [-0.3, -0.25) is 4.57 Å². The van der Waals surface area contributed by atoms with Gasteiger partial charge in [0.05, 0.1) is 17.9 Å². The molecule has 2 heterocycles. The molecule has 0 radical (unpaired) electrons. The summed E-state index contributed by atoms with van der Waals surface area (Å²) in [7, 11) is 0. The minimum Gasteiger partial charge on any atom is -0.292 e. The van der Waals surface area contributed by atoms with Gasteiger partial charge in [0.2, 0.25) is 0 Å². The van der Waals surface area contributed by atoms with Gasteiger partial charge in [0.1, 0.15) is 5.82 Å². The zero-order chi connectivity index (χ0) is 39.9. The summed E-state index contributed by atoms with van der Waals surface area (Å²) in [6.45, 7) is 0. The zero-order valence-corrected chi connectivity index (χ0v) is 29.7. The molecule has 0 saturated heterocycles. The smallest absolute Gasteiger partial charge is 0.146 e. The molecular formula is C51H32N2S. The Labute approximate surface area is 323 Å². The maximum absolute atomic E-state index is 8.96. The molecule has 0 unspecified atom stereocenters. The van der Waals surface area contributed by atoms with E-state index in [1.165, 1.54) is 14.8 Å². The predicted molar refractivity (Wildman–Crippen MR) is 231 cm³/mol. The maximum atomic E-state index is 8.96. The van der Waals surface area contributed by atoms with Crippen molar-refractivity contribution in [3.8, 4) is 50.5 Å². The van der Waals surface area contributed by atoms with Crippen molar-refractivity contribution in [3.63, 3.8) is 0 Å². The second kappa shape index (κ2) is 12.4. The number of benzene rings is 9. The molecule has 0 fully saturated rings. The fraction of sp³-hybridized carbons (Fsp3) is 0. The number of thiophene rings is 1. The van der Waals surface area contributed by atoms with E-state index in [-0.39, 0.29) is 29.7 Å². The van der Waals surface area contributed by atoms with Crippen molar-refractivity contribution >= 4 is 64.1 Å². The number of hydrogen-bond acceptors (Lipinski definition) is 2. The SMILES string of the molecule is [2H]c1c([2H])c([2H])c(-c2ccc3c(-c4ccccc4-c4nc5ccccc5n4-c4ccccc4)c4ccccc4c(-c4cccc5sc6ccccc6c45)c3c2)c([2H])c1[2H]. The molecule has 0 aliphatic carbocycles. The molecule has 0 bridgehead atoms. The van der Waals surface area contributed by atoms with E-state index in [4.69, 9.17) is 11.8 Å². The van der Waals surface area contributed by atoms with Crippen LogP contribution in [0.2, 0.25) is 0 Å². The third kappa shape index (κ3) is 4.76. The fourth-order valence-corrected chi connectivity index (χ4v) is 9.36. The predicted octanol–water partition coefficient (Wildman–Crippen LogP) is 14.4. The number of rotatable bonds is 5. The molecule has 252 valence electrons. The molecule has 3 heteroatoms. The van der Waals surface area contributed by atoms with Crippen LogP contribution in [0.1, 0.15) is 6.85 Å². The minimum atomic E-state index is -0.410. The molecular weight excluding hydrogens is 673 g/mol. The van der Waals surface area contributed by atoms with Crippen molar-refractivity contribution in [3.05, 3.63) is 194 Å². The van der Waals surface area contributed by atoms with Gasteiger partial charge in [-0.25, -0.2) is 4.98 Å². The summed E-state index contributed by atoms with van der Waals surface area (Å²) in [4.78, 5) is 5.30. The Morgan fingerprint density at radius 3 is 1.93 bits per heavy atom. The molecule has 2 aromatic heterocycles. The summed E-state index contributed by atoms with van der Waals surface area (Å²) in [5.41, 5.74) is 8.73. The summed E-state index contributed by atoms with van der Waals surface area (Å²) in [5.74, 6) is 0.819. The molecule has 11 rings (SSSR count). The average Bonchev–Trinajstić information content (AvgIpc) is 3.86. The minimum absolute atomic E-state index is 0.176. The van der Waals surface area contributed by atoms with Gasteiger partial charge < -0.3 is 0 Å². The average molecular weight is 710 g/mol. The zero-order valence-electron chi connectivity index (χ0n) is 33.9. The third-order valence-corrected chi connectivity index (χ3v) is 11.6. The van der Waals surface area contributed by atoms with Crippen LogP contribution < -0.4 is 0 Å². The van der Waals surface area contributed by atoms with Gasteiger partial charge in [-0.2, -0.15) is 0 Å². The normalized spacial score (nSPS) is 13.0. The first-order valence-corrected chi connectivity index (χ1v) is 18.8. The number of para-hydroxylation sites is 3. The summed E-state index contributed by atoms with van der Waals surface area (Å²) in [5, 5.41) is 6.34. The van der Waals surface area contributed by atoms with Crippen molar-refractivity contribution in [1.29, 1.82) is 0 Å². The highest BCUT2D eigenvalue weighted by Crippen LogP contribution is 2.50. The fourth-order valence-electron chi connectivity index (χ4n) is 8.23. The van der Waals surface area contributed by atoms with E-state index >= 15 is 0 Å². The number of hydrogen-bond donors (Lipinski definition) is 0. The summed E-state index contributed by atoms with van der Waals surface area (Å²) < 4.78 is 47.9. The lowest BCUT2D eigenvalue weighted by Crippen LogP contribution is -1.99. The Morgan fingerprint density at radius 1 is 0.463 bits per heavy atom. The van der Waals surface area contributed by atoms with Crippen molar-refractivity contribution in [2.24, 2.45) is 0 Å². The van der Waals surface area contributed by atoms with Crippen LogP contribution in [0.5, 0.6) is 0 Å². The molecule has 54 heavy (non-hydrogen) atoms. The van der Waals surface area contributed by atoms with Gasteiger partial charge in [0, 0.05) is 31.4 Å². The van der Waals surface area contributed by atoms with Crippen LogP contribution >= 0.6 is 11.3 Å². The van der Waals surface area contributed by atoms with Crippen molar-refractivity contribution in [2.75, 3.05) is 0 Å². The van der Waals surface area contributed by atoms with Crippen LogP contribution in [-0.2, 0) is 0 Å². The summed E-state index contributed by atoms with van der Waals surface area (Å²) in [6, 6.07) is 54.9. The van der Waals surface area contributed by atoms with E-state index in [9.17, 15) is 0 Å². The molecule has 0 aliphatic rings. The van der Waals surface area contributed by atoms with E-state index in [1.54, 1.807) is 11.3 Å². The molecule has 0 amide bonds. The van der Waals surface area contributed by atoms with Gasteiger partial charge >= 0.3 is 0 Å². The molecule has 11 aromatic rings. The molecule has 0 spiro atoms. The van der Waals surface area contributed by atoms with Crippen LogP contribution in [0.4, 0.5) is 0 Å². The topological polar surface area (TPSA) is 17.8 Å². The summed E-state index contributed by atoms with van der Waals surface area (Å²) >= 11 is 1.77. The Hall–Kier alpha value is -6.81. The molecule has 0 saturated carbocycles. The molecule has 0 aliphatic heterocycles. The highest BCUT2D eigenvalue weighted by molar-refractivity contribution is 7.25. The van der Waals surface area contributed by atoms with Crippen LogP contribution in [0, 0.1) is 0 Å². The first-order chi connectivity index (χ1) is 28.9. The number of nitrogens with zero attached hydrogens (tertiary/aromatic N) is 2. The van der Waals surface area contributed by atoms with Crippen LogP contribution in [0.3, 0.4) is 0 Å². The highest BCUT2D eigenvalue weighted by Gasteiger charge is 2.24. The Bertz CT molecular complexity index is 3490. The van der Waals surface area contributed by atoms with Crippen molar-refractivity contribution in [2.45, 2.75) is 0 Å². The lowest BCUT2D eigenvalue weighted by Gasteiger charge is -2.21. The molecule has 9 aromatic carbocycles. The van der Waals surface area contributed by atoms with Crippen molar-refractivity contribution in [1.82, 2.24) is 9.55 Å². The Kier molecular flexibility index (Phi) is 5.98. The van der Waals surface area contributed by atoms with Crippen LogP contribution in [-0.4, -0.2) is 9.55 Å². The van der Waals surface area contributed by atoms with Crippen LogP contribution in [0.15, 0.2) is 194 Å². The van der Waals surface area contributed by atoms with Gasteiger partial charge in [-0.05, 0) is 97.4 Å². The van der Waals surface area contributed by atoms with E-state index in [0.717, 1.165) is 77.3 Å². The highest BCUT2D eigenvalue weighted by atomic mass is 32.1. The largest absolute Gasteiger partial charge is 0.292 e. The van der Waals surface area contributed by atoms with E-state index in [0.29, 0.717) is 5.56 Å². The Morgan fingerprint density at radius 2 is 1.09 bits per heavy atom. The first-order valence-electron chi connectivity index (χ1n) is 20.5. The van der Waals surface area contributed by atoms with Crippen molar-refractivity contribution < 1.29 is 6.85 Å². The Balaban J connectivity index is 1.30. The molecule has 2 nitrogen and oxygen atoms in total. The second-order valence-electron chi connectivity index (χ2n) is 13.5. The second-order valence-corrected chi connectivity index (χ2v) is 14.6. The van der Waals surface area contributed by atoms with Gasteiger partial charge in [-0.15, -0.1) is 11.3 Å². The maximum Gasteiger partial charge on any atom is 0.146 e. The molecule has 0 atom stereocenters. The van der Waals surface area contributed by atoms with E-state index in [1.807, 2.05) is 42.5 Å². The first kappa shape index (κ1) is 26.0. The summed E-state index contributed by atoms with van der Waals surface area (Å²) in [6.07, 6.45) is 0. The number of imidazole rings is 1. The van der Waals surface area contributed by atoms with Gasteiger partial charge in [-0.1, -0.05) is 152 Å². The van der Waals surface area contributed by atoms with E-state index in [2.05, 4.69) is 126 Å². The van der Waals surface area contributed by atoms with Gasteiger partial charge in [0.15, 0.2) is 0 Å². The number of fused-ring (bicyclic) bond motifs is 6. The third-order valence-electron chi connectivity index (χ3n) is 10.5.